The van der Waals surface area contributed by atoms with Crippen LogP contribution in [0.1, 0.15) is 43.0 Å². The number of pyridine rings is 1. The first kappa shape index (κ1) is 24.7. The van der Waals surface area contributed by atoms with E-state index in [1.807, 2.05) is 45.0 Å². The summed E-state index contributed by atoms with van der Waals surface area (Å²) in [5.74, 6) is 0.765. The molecule has 0 spiro atoms. The molecule has 0 aliphatic carbocycles. The first-order valence-corrected chi connectivity index (χ1v) is 12.2. The maximum Gasteiger partial charge on any atom is 0.270 e. The molecule has 6 nitrogen and oxygen atoms in total. The zero-order valence-electron chi connectivity index (χ0n) is 19.3. The zero-order chi connectivity index (χ0) is 24.1. The van der Waals surface area contributed by atoms with Crippen molar-refractivity contribution in [3.05, 3.63) is 67.8 Å². The quantitative estimate of drug-likeness (QED) is 0.441. The van der Waals surface area contributed by atoms with Crippen molar-refractivity contribution in [1.29, 1.82) is 5.26 Å². The van der Waals surface area contributed by atoms with Crippen LogP contribution in [0.15, 0.2) is 40.0 Å². The van der Waals surface area contributed by atoms with Crippen LogP contribution in [-0.2, 0) is 17.8 Å². The number of amides is 1. The van der Waals surface area contributed by atoms with E-state index in [9.17, 15) is 14.9 Å². The van der Waals surface area contributed by atoms with Crippen LogP contribution in [0.3, 0.4) is 0 Å². The van der Waals surface area contributed by atoms with Crippen LogP contribution in [0.4, 0.5) is 5.82 Å². The van der Waals surface area contributed by atoms with Gasteiger partial charge >= 0.3 is 0 Å². The molecule has 1 N–H and O–H groups in total. The molecular formula is C25H28N4O2S2. The summed E-state index contributed by atoms with van der Waals surface area (Å²) in [5, 5.41) is 13.0. The van der Waals surface area contributed by atoms with Gasteiger partial charge < -0.3 is 5.32 Å². The summed E-state index contributed by atoms with van der Waals surface area (Å²) in [6, 6.07) is 12.1. The fourth-order valence-corrected chi connectivity index (χ4v) is 5.04. The Morgan fingerprint density at radius 2 is 1.94 bits per heavy atom. The lowest BCUT2D eigenvalue weighted by atomic mass is 10.0. The zero-order valence-corrected chi connectivity index (χ0v) is 21.0. The van der Waals surface area contributed by atoms with Gasteiger partial charge in [0, 0.05) is 25.2 Å². The number of anilines is 1. The number of aromatic nitrogens is 1. The van der Waals surface area contributed by atoms with E-state index in [-0.39, 0.29) is 22.9 Å². The molecule has 0 bridgehead atoms. The Hall–Kier alpha value is -2.89. The molecule has 1 fully saturated rings. The molecule has 0 saturated carbocycles. The minimum absolute atomic E-state index is 0.0920. The van der Waals surface area contributed by atoms with Crippen molar-refractivity contribution in [3.63, 3.8) is 0 Å². The molecule has 1 aromatic carbocycles. The summed E-state index contributed by atoms with van der Waals surface area (Å²) in [6.45, 7) is 9.26. The van der Waals surface area contributed by atoms with E-state index < -0.39 is 0 Å². The van der Waals surface area contributed by atoms with E-state index in [0.29, 0.717) is 45.8 Å². The Kier molecular flexibility index (Phi) is 8.11. The van der Waals surface area contributed by atoms with E-state index in [0.717, 1.165) is 6.42 Å². The minimum atomic E-state index is -0.329. The first-order valence-electron chi connectivity index (χ1n) is 11.0. The van der Waals surface area contributed by atoms with Crippen LogP contribution >= 0.6 is 24.0 Å². The second kappa shape index (κ2) is 10.8. The Bertz CT molecular complexity index is 1190. The van der Waals surface area contributed by atoms with Gasteiger partial charge in [-0.2, -0.15) is 5.26 Å². The molecule has 8 heteroatoms. The molecule has 3 rings (SSSR count). The van der Waals surface area contributed by atoms with Crippen molar-refractivity contribution in [2.45, 2.75) is 40.7 Å². The van der Waals surface area contributed by atoms with Gasteiger partial charge in [-0.15, -0.1) is 0 Å². The van der Waals surface area contributed by atoms with Gasteiger partial charge in [-0.05, 0) is 43.4 Å². The van der Waals surface area contributed by atoms with Gasteiger partial charge in [0.15, 0.2) is 0 Å². The largest absolute Gasteiger partial charge is 0.371 e. The first-order chi connectivity index (χ1) is 15.8. The summed E-state index contributed by atoms with van der Waals surface area (Å²) in [5.41, 5.74) is 2.17. The van der Waals surface area contributed by atoms with E-state index >= 15 is 0 Å². The molecular weight excluding hydrogens is 452 g/mol. The highest BCUT2D eigenvalue weighted by Gasteiger charge is 2.33. The van der Waals surface area contributed by atoms with E-state index in [1.165, 1.54) is 17.3 Å². The predicted octanol–water partition coefficient (Wildman–Crippen LogP) is 4.56. The van der Waals surface area contributed by atoms with E-state index in [2.05, 4.69) is 17.4 Å². The van der Waals surface area contributed by atoms with Crippen LogP contribution in [0.2, 0.25) is 0 Å². The monoisotopic (exact) mass is 480 g/mol. The lowest BCUT2D eigenvalue weighted by Gasteiger charge is -2.19. The Morgan fingerprint density at radius 3 is 2.55 bits per heavy atom. The maximum atomic E-state index is 13.0. The third-order valence-electron chi connectivity index (χ3n) is 5.44. The van der Waals surface area contributed by atoms with Crippen molar-refractivity contribution >= 4 is 46.1 Å². The molecule has 2 heterocycles. The number of nitrogens with one attached hydrogen (secondary N) is 1. The van der Waals surface area contributed by atoms with Gasteiger partial charge in [0.05, 0.1) is 4.91 Å². The van der Waals surface area contributed by atoms with Crippen molar-refractivity contribution in [1.82, 2.24) is 9.47 Å². The number of hydrogen-bond donors (Lipinski definition) is 1. The predicted molar refractivity (Wildman–Crippen MR) is 139 cm³/mol. The topological polar surface area (TPSA) is 78.1 Å². The standard InChI is InChI=1S/C25H28N4O2S2/c1-5-28-22(27-12-11-18-9-7-6-8-10-18)19(17(4)20(14-26)23(28)30)13-21-24(31)29(15-16(2)3)25(32)33-21/h6-10,13,16,27H,5,11-12,15H2,1-4H3/b21-13+. The molecule has 1 amide bonds. The summed E-state index contributed by atoms with van der Waals surface area (Å²) >= 11 is 6.70. The second-order valence-electron chi connectivity index (χ2n) is 8.27. The fraction of sp³-hybridized carbons (Fsp3) is 0.360. The summed E-state index contributed by atoms with van der Waals surface area (Å²) in [6.07, 6.45) is 2.54. The summed E-state index contributed by atoms with van der Waals surface area (Å²) in [7, 11) is 0. The lowest BCUT2D eigenvalue weighted by Crippen LogP contribution is -2.31. The highest BCUT2D eigenvalue weighted by molar-refractivity contribution is 8.26. The van der Waals surface area contributed by atoms with Crippen LogP contribution in [-0.4, -0.2) is 32.8 Å². The van der Waals surface area contributed by atoms with Gasteiger partial charge in [-0.3, -0.25) is 19.1 Å². The number of benzene rings is 1. The van der Waals surface area contributed by atoms with Crippen molar-refractivity contribution in [2.24, 2.45) is 5.92 Å². The summed E-state index contributed by atoms with van der Waals surface area (Å²) < 4.78 is 2.09. The highest BCUT2D eigenvalue weighted by Crippen LogP contribution is 2.35. The van der Waals surface area contributed by atoms with Crippen LogP contribution in [0, 0.1) is 24.2 Å². The minimum Gasteiger partial charge on any atom is -0.371 e. The fourth-order valence-electron chi connectivity index (χ4n) is 3.78. The van der Waals surface area contributed by atoms with Gasteiger partial charge in [0.25, 0.3) is 11.5 Å². The number of nitrogens with zero attached hydrogens (tertiary/aromatic N) is 3. The number of carbonyl (C=O) groups is 1. The van der Waals surface area contributed by atoms with Crippen LogP contribution < -0.4 is 10.9 Å². The Balaban J connectivity index is 2.05. The smallest absolute Gasteiger partial charge is 0.270 e. The molecule has 0 atom stereocenters. The van der Waals surface area contributed by atoms with Crippen molar-refractivity contribution < 1.29 is 4.79 Å². The highest BCUT2D eigenvalue weighted by atomic mass is 32.2. The third kappa shape index (κ3) is 5.37. The average molecular weight is 481 g/mol. The lowest BCUT2D eigenvalue weighted by molar-refractivity contribution is -0.122. The van der Waals surface area contributed by atoms with E-state index in [4.69, 9.17) is 12.2 Å². The molecule has 0 unspecified atom stereocenters. The maximum absolute atomic E-state index is 13.0. The molecule has 0 radical (unpaired) electrons. The molecule has 33 heavy (non-hydrogen) atoms. The summed E-state index contributed by atoms with van der Waals surface area (Å²) in [4.78, 5) is 28.1. The second-order valence-corrected chi connectivity index (χ2v) is 9.95. The average Bonchev–Trinajstić information content (AvgIpc) is 3.04. The molecule has 172 valence electrons. The van der Waals surface area contributed by atoms with E-state index in [1.54, 1.807) is 22.5 Å². The van der Waals surface area contributed by atoms with Gasteiger partial charge in [-0.25, -0.2) is 0 Å². The van der Waals surface area contributed by atoms with Crippen molar-refractivity contribution in [2.75, 3.05) is 18.4 Å². The number of nitriles is 1. The number of thiocarbonyl (C=S) groups is 1. The number of carbonyl (C=O) groups excluding carboxylic acids is 1. The third-order valence-corrected chi connectivity index (χ3v) is 6.81. The number of rotatable bonds is 8. The molecule has 1 aromatic heterocycles. The van der Waals surface area contributed by atoms with Crippen molar-refractivity contribution in [3.8, 4) is 6.07 Å². The molecule has 1 aliphatic heterocycles. The van der Waals surface area contributed by atoms with Crippen LogP contribution in [0.5, 0.6) is 0 Å². The Morgan fingerprint density at radius 1 is 1.24 bits per heavy atom. The van der Waals surface area contributed by atoms with Gasteiger partial charge in [-0.1, -0.05) is 68.2 Å². The SMILES string of the molecule is CCn1c(NCCc2ccccc2)c(/C=C2/SC(=S)N(CC(C)C)C2=O)c(C)c(C#N)c1=O. The molecule has 1 aliphatic rings. The van der Waals surface area contributed by atoms with Gasteiger partial charge in [0.2, 0.25) is 0 Å². The normalized spacial score (nSPS) is 14.9. The Labute approximate surface area is 204 Å². The van der Waals surface area contributed by atoms with Crippen LogP contribution in [0.25, 0.3) is 6.08 Å². The number of thioether (sulfide) groups is 1. The molecule has 1 saturated heterocycles. The molecule has 2 aromatic rings. The number of hydrogen-bond acceptors (Lipinski definition) is 6. The van der Waals surface area contributed by atoms with Gasteiger partial charge in [0.1, 0.15) is 21.8 Å².